The van der Waals surface area contributed by atoms with E-state index < -0.39 is 0 Å². The molecule has 0 nitrogen and oxygen atoms in total. The zero-order valence-electron chi connectivity index (χ0n) is 8.06. The Hall–Kier alpha value is 0. The highest BCUT2D eigenvalue weighted by Gasteiger charge is 2.60. The van der Waals surface area contributed by atoms with Gasteiger partial charge in [0.2, 0.25) is 0 Å². The molecule has 2 aliphatic rings. The first-order chi connectivity index (χ1) is 5.18. The van der Waals surface area contributed by atoms with Gasteiger partial charge in [-0.3, -0.25) is 0 Å². The van der Waals surface area contributed by atoms with Gasteiger partial charge in [-0.25, -0.2) is 0 Å². The minimum Gasteiger partial charge on any atom is -0.0651 e. The molecule has 1 atom stereocenters. The van der Waals surface area contributed by atoms with Gasteiger partial charge in [-0.2, -0.15) is 0 Å². The normalized spacial score (nSPS) is 48.0. The molecule has 0 aromatic rings. The predicted molar refractivity (Wildman–Crippen MR) is 48.4 cm³/mol. The van der Waals surface area contributed by atoms with Crippen LogP contribution in [0.5, 0.6) is 0 Å². The summed E-state index contributed by atoms with van der Waals surface area (Å²) in [5, 5.41) is 0. The molecule has 0 aromatic heterocycles. The first-order valence-corrected chi connectivity index (χ1v) is 5.18. The van der Waals surface area contributed by atoms with Gasteiger partial charge in [-0.05, 0) is 42.4 Å². The van der Waals surface area contributed by atoms with Gasteiger partial charge >= 0.3 is 0 Å². The summed E-state index contributed by atoms with van der Waals surface area (Å²) in [7, 11) is 0. The number of hydrogen-bond donors (Lipinski definition) is 0. The quantitative estimate of drug-likeness (QED) is 0.568. The second-order valence-corrected chi connectivity index (χ2v) is 5.08. The summed E-state index contributed by atoms with van der Waals surface area (Å²) in [5.41, 5.74) is 0.893. The highest BCUT2D eigenvalue weighted by atomic mass is 14.6. The van der Waals surface area contributed by atoms with Crippen LogP contribution in [0.25, 0.3) is 0 Å². The smallest absolute Gasteiger partial charge is 0.0261 e. The lowest BCUT2D eigenvalue weighted by atomic mass is 9.66. The highest BCUT2D eigenvalue weighted by molar-refractivity contribution is 5.10. The largest absolute Gasteiger partial charge is 0.0651 e. The second-order valence-electron chi connectivity index (χ2n) is 5.08. The van der Waals surface area contributed by atoms with E-state index in [1.54, 1.807) is 19.3 Å². The molecule has 0 saturated heterocycles. The van der Waals surface area contributed by atoms with Gasteiger partial charge < -0.3 is 0 Å². The molecule has 0 radical (unpaired) electrons. The van der Waals surface area contributed by atoms with Gasteiger partial charge in [0.05, 0.1) is 0 Å². The molecule has 2 aliphatic carbocycles. The first-order valence-electron chi connectivity index (χ1n) is 5.18. The molecular weight excluding hydrogens is 132 g/mol. The van der Waals surface area contributed by atoms with Crippen molar-refractivity contribution >= 4 is 0 Å². The summed E-state index contributed by atoms with van der Waals surface area (Å²) >= 11 is 0. The van der Waals surface area contributed by atoms with Crippen molar-refractivity contribution in [2.24, 2.45) is 23.2 Å². The lowest BCUT2D eigenvalue weighted by Crippen LogP contribution is -2.30. The molecule has 2 rings (SSSR count). The van der Waals surface area contributed by atoms with Crippen molar-refractivity contribution in [3.05, 3.63) is 0 Å². The monoisotopic (exact) mass is 152 g/mol. The summed E-state index contributed by atoms with van der Waals surface area (Å²) in [6, 6.07) is 0. The molecule has 0 aliphatic heterocycles. The molecular formula is C11H20. The third-order valence-corrected chi connectivity index (χ3v) is 4.13. The fourth-order valence-corrected chi connectivity index (χ4v) is 2.97. The van der Waals surface area contributed by atoms with Crippen LogP contribution in [-0.2, 0) is 0 Å². The van der Waals surface area contributed by atoms with Crippen LogP contribution in [-0.4, -0.2) is 0 Å². The van der Waals surface area contributed by atoms with Gasteiger partial charge in [-0.1, -0.05) is 27.2 Å². The Morgan fingerprint density at radius 3 is 2.27 bits per heavy atom. The molecule has 0 bridgehead atoms. The Bertz CT molecular complexity index is 151. The molecule has 11 heavy (non-hydrogen) atoms. The standard InChI is InChI=1S/C11H20/c1-4-10-7-11(10)5-9(6-11)8(2)3/h8-10H,4-7H2,1-3H3. The molecule has 2 saturated carbocycles. The van der Waals surface area contributed by atoms with Crippen molar-refractivity contribution in [1.29, 1.82) is 0 Å². The second kappa shape index (κ2) is 2.24. The molecule has 0 amide bonds. The van der Waals surface area contributed by atoms with Crippen LogP contribution in [0.1, 0.15) is 46.5 Å². The van der Waals surface area contributed by atoms with Gasteiger partial charge in [-0.15, -0.1) is 0 Å². The van der Waals surface area contributed by atoms with Crippen LogP contribution < -0.4 is 0 Å². The van der Waals surface area contributed by atoms with Gasteiger partial charge in [0.15, 0.2) is 0 Å². The lowest BCUT2D eigenvalue weighted by Gasteiger charge is -2.40. The van der Waals surface area contributed by atoms with E-state index in [1.807, 2.05) is 0 Å². The van der Waals surface area contributed by atoms with E-state index in [-0.39, 0.29) is 0 Å². The third kappa shape index (κ3) is 1.02. The van der Waals surface area contributed by atoms with E-state index in [0.717, 1.165) is 23.2 Å². The van der Waals surface area contributed by atoms with E-state index in [4.69, 9.17) is 0 Å². The zero-order chi connectivity index (χ0) is 8.06. The fraction of sp³-hybridized carbons (Fsp3) is 1.00. The third-order valence-electron chi connectivity index (χ3n) is 4.13. The Morgan fingerprint density at radius 1 is 1.27 bits per heavy atom. The maximum absolute atomic E-state index is 2.38. The maximum Gasteiger partial charge on any atom is -0.0261 e. The summed E-state index contributed by atoms with van der Waals surface area (Å²) in [6.45, 7) is 7.10. The molecule has 1 spiro atoms. The maximum atomic E-state index is 2.38. The lowest BCUT2D eigenvalue weighted by molar-refractivity contribution is 0.104. The Morgan fingerprint density at radius 2 is 1.91 bits per heavy atom. The van der Waals surface area contributed by atoms with Crippen LogP contribution >= 0.6 is 0 Å². The van der Waals surface area contributed by atoms with E-state index in [9.17, 15) is 0 Å². The van der Waals surface area contributed by atoms with Crippen molar-refractivity contribution in [2.45, 2.75) is 46.5 Å². The van der Waals surface area contributed by atoms with Crippen LogP contribution in [0.4, 0.5) is 0 Å². The summed E-state index contributed by atoms with van der Waals surface area (Å²) in [6.07, 6.45) is 6.11. The summed E-state index contributed by atoms with van der Waals surface area (Å²) in [4.78, 5) is 0. The van der Waals surface area contributed by atoms with E-state index in [0.29, 0.717) is 0 Å². The van der Waals surface area contributed by atoms with Crippen LogP contribution in [0.2, 0.25) is 0 Å². The predicted octanol–water partition coefficient (Wildman–Crippen LogP) is 3.47. The molecule has 2 fully saturated rings. The van der Waals surface area contributed by atoms with E-state index >= 15 is 0 Å². The number of hydrogen-bond acceptors (Lipinski definition) is 0. The molecule has 1 unspecified atom stereocenters. The fourth-order valence-electron chi connectivity index (χ4n) is 2.97. The molecule has 64 valence electrons. The van der Waals surface area contributed by atoms with Gasteiger partial charge in [0.25, 0.3) is 0 Å². The Balaban J connectivity index is 1.81. The molecule has 0 aromatic carbocycles. The summed E-state index contributed by atoms with van der Waals surface area (Å²) < 4.78 is 0. The summed E-state index contributed by atoms with van der Waals surface area (Å²) in [5.74, 6) is 3.14. The highest BCUT2D eigenvalue weighted by Crippen LogP contribution is 2.69. The van der Waals surface area contributed by atoms with Crippen molar-refractivity contribution in [1.82, 2.24) is 0 Å². The van der Waals surface area contributed by atoms with Crippen molar-refractivity contribution < 1.29 is 0 Å². The first kappa shape index (κ1) is 7.64. The number of rotatable bonds is 2. The minimum absolute atomic E-state index is 0.893. The zero-order valence-corrected chi connectivity index (χ0v) is 8.06. The Labute approximate surface area is 70.4 Å². The van der Waals surface area contributed by atoms with Crippen molar-refractivity contribution in [3.63, 3.8) is 0 Å². The average Bonchev–Trinajstić information content (AvgIpc) is 2.57. The van der Waals surface area contributed by atoms with Gasteiger partial charge in [0, 0.05) is 0 Å². The Kier molecular flexibility index (Phi) is 1.56. The van der Waals surface area contributed by atoms with Crippen LogP contribution in [0, 0.1) is 23.2 Å². The molecule has 0 heterocycles. The van der Waals surface area contributed by atoms with Gasteiger partial charge in [0.1, 0.15) is 0 Å². The van der Waals surface area contributed by atoms with E-state index in [2.05, 4.69) is 20.8 Å². The average molecular weight is 152 g/mol. The molecule has 0 heteroatoms. The van der Waals surface area contributed by atoms with Crippen LogP contribution in [0.3, 0.4) is 0 Å². The van der Waals surface area contributed by atoms with Crippen LogP contribution in [0.15, 0.2) is 0 Å². The minimum atomic E-state index is 0.893. The SMILES string of the molecule is CCC1CC12CC(C(C)C)C2. The van der Waals surface area contributed by atoms with Crippen molar-refractivity contribution in [2.75, 3.05) is 0 Å². The molecule has 0 N–H and O–H groups in total. The van der Waals surface area contributed by atoms with Crippen molar-refractivity contribution in [3.8, 4) is 0 Å². The topological polar surface area (TPSA) is 0 Å². The van der Waals surface area contributed by atoms with E-state index in [1.165, 1.54) is 6.42 Å².